The summed E-state index contributed by atoms with van der Waals surface area (Å²) in [7, 11) is 1.59. The summed E-state index contributed by atoms with van der Waals surface area (Å²) in [5, 5.41) is 3.23. The predicted octanol–water partition coefficient (Wildman–Crippen LogP) is 5.08. The van der Waals surface area contributed by atoms with E-state index in [0.717, 1.165) is 24.1 Å². The van der Waals surface area contributed by atoms with Crippen molar-refractivity contribution in [1.29, 1.82) is 0 Å². The van der Waals surface area contributed by atoms with Crippen LogP contribution in [0.4, 0.5) is 5.69 Å². The first kappa shape index (κ1) is 21.5. The molecule has 0 atom stereocenters. The quantitative estimate of drug-likeness (QED) is 0.572. The van der Waals surface area contributed by atoms with Gasteiger partial charge in [0.2, 0.25) is 0 Å². The number of hydrogen-bond acceptors (Lipinski definition) is 4. The van der Waals surface area contributed by atoms with Crippen molar-refractivity contribution >= 4 is 39.1 Å². The van der Waals surface area contributed by atoms with Gasteiger partial charge in [0.25, 0.3) is 5.91 Å². The van der Waals surface area contributed by atoms with Crippen LogP contribution in [0.25, 0.3) is 0 Å². The third-order valence-electron chi connectivity index (χ3n) is 4.16. The molecule has 0 saturated heterocycles. The van der Waals surface area contributed by atoms with Crippen LogP contribution in [-0.4, -0.2) is 44.2 Å². The highest BCUT2D eigenvalue weighted by Gasteiger charge is 2.13. The number of halogens is 2. The van der Waals surface area contributed by atoms with Crippen LogP contribution in [0.2, 0.25) is 5.02 Å². The normalized spacial score (nSPS) is 10.7. The van der Waals surface area contributed by atoms with E-state index in [1.807, 2.05) is 0 Å². The average Bonchev–Trinajstić information content (AvgIpc) is 2.65. The van der Waals surface area contributed by atoms with Crippen LogP contribution in [0.5, 0.6) is 11.5 Å². The van der Waals surface area contributed by atoms with Gasteiger partial charge in [-0.3, -0.25) is 4.79 Å². The molecule has 0 spiro atoms. The molecule has 0 fully saturated rings. The lowest BCUT2D eigenvalue weighted by atomic mass is 10.2. The highest BCUT2D eigenvalue weighted by Crippen LogP contribution is 2.31. The fraction of sp³-hybridized carbons (Fsp3) is 0.350. The lowest BCUT2D eigenvalue weighted by Gasteiger charge is -2.19. The van der Waals surface area contributed by atoms with Crippen LogP contribution < -0.4 is 14.8 Å². The lowest BCUT2D eigenvalue weighted by molar-refractivity contribution is 0.102. The number of nitrogens with zero attached hydrogens (tertiary/aromatic N) is 1. The fourth-order valence-electron chi connectivity index (χ4n) is 2.56. The van der Waals surface area contributed by atoms with E-state index in [2.05, 4.69) is 40.0 Å². The molecule has 5 nitrogen and oxygen atoms in total. The van der Waals surface area contributed by atoms with Gasteiger partial charge in [0.15, 0.2) is 11.5 Å². The van der Waals surface area contributed by atoms with E-state index >= 15 is 0 Å². The van der Waals surface area contributed by atoms with Gasteiger partial charge in [-0.15, -0.1) is 0 Å². The number of rotatable bonds is 9. The van der Waals surface area contributed by atoms with Gasteiger partial charge in [-0.05, 0) is 43.4 Å². The van der Waals surface area contributed by atoms with Crippen LogP contribution in [0.15, 0.2) is 40.9 Å². The topological polar surface area (TPSA) is 50.8 Å². The van der Waals surface area contributed by atoms with Gasteiger partial charge in [0, 0.05) is 22.8 Å². The predicted molar refractivity (Wildman–Crippen MR) is 113 cm³/mol. The molecule has 0 aliphatic rings. The largest absolute Gasteiger partial charge is 0.493 e. The molecule has 1 amide bonds. The van der Waals surface area contributed by atoms with Gasteiger partial charge in [-0.25, -0.2) is 0 Å². The molecule has 0 aliphatic heterocycles. The standard InChI is InChI=1S/C20H24BrClN2O3/c1-4-24(5-2)10-11-27-19-13-15(7-9-18(19)26-3)23-20(25)16-8-6-14(21)12-17(16)22/h6-9,12-13H,4-5,10-11H2,1-3H3,(H,23,25). The number of nitrogens with one attached hydrogen (secondary N) is 1. The highest BCUT2D eigenvalue weighted by molar-refractivity contribution is 9.10. The number of carbonyl (C=O) groups excluding carboxylic acids is 1. The van der Waals surface area contributed by atoms with E-state index in [0.29, 0.717) is 34.4 Å². The summed E-state index contributed by atoms with van der Waals surface area (Å²) in [5.41, 5.74) is 1.01. The molecule has 2 rings (SSSR count). The minimum Gasteiger partial charge on any atom is -0.493 e. The van der Waals surface area contributed by atoms with Gasteiger partial charge in [-0.1, -0.05) is 41.4 Å². The van der Waals surface area contributed by atoms with E-state index in [4.69, 9.17) is 21.1 Å². The second kappa shape index (κ2) is 10.5. The Hall–Kier alpha value is -1.76. The van der Waals surface area contributed by atoms with Crippen LogP contribution in [-0.2, 0) is 0 Å². The number of amides is 1. The van der Waals surface area contributed by atoms with Gasteiger partial charge in [0.05, 0.1) is 17.7 Å². The summed E-state index contributed by atoms with van der Waals surface area (Å²) in [6.07, 6.45) is 0. The molecule has 7 heteroatoms. The lowest BCUT2D eigenvalue weighted by Crippen LogP contribution is -2.28. The first-order chi connectivity index (χ1) is 13.0. The zero-order chi connectivity index (χ0) is 19.8. The maximum Gasteiger partial charge on any atom is 0.257 e. The molecule has 0 bridgehead atoms. The molecule has 0 aliphatic carbocycles. The van der Waals surface area contributed by atoms with E-state index in [1.54, 1.807) is 43.5 Å². The van der Waals surface area contributed by atoms with Crippen LogP contribution in [0, 0.1) is 0 Å². The molecular formula is C20H24BrClN2O3. The Kier molecular flexibility index (Phi) is 8.41. The van der Waals surface area contributed by atoms with Crippen molar-refractivity contribution in [2.45, 2.75) is 13.8 Å². The van der Waals surface area contributed by atoms with Crippen molar-refractivity contribution in [3.05, 3.63) is 51.5 Å². The first-order valence-corrected chi connectivity index (χ1v) is 9.95. The number of anilines is 1. The highest BCUT2D eigenvalue weighted by atomic mass is 79.9. The average molecular weight is 456 g/mol. The van der Waals surface area contributed by atoms with Gasteiger partial charge in [-0.2, -0.15) is 0 Å². The Morgan fingerprint density at radius 1 is 1.15 bits per heavy atom. The Balaban J connectivity index is 2.10. The molecule has 2 aromatic rings. The van der Waals surface area contributed by atoms with E-state index in [-0.39, 0.29) is 5.91 Å². The van der Waals surface area contributed by atoms with Crippen molar-refractivity contribution in [2.24, 2.45) is 0 Å². The second-order valence-electron chi connectivity index (χ2n) is 5.82. The van der Waals surface area contributed by atoms with Gasteiger partial charge in [0.1, 0.15) is 6.61 Å². The number of likely N-dealkylation sites (N-methyl/N-ethyl adjacent to an activating group) is 1. The smallest absolute Gasteiger partial charge is 0.257 e. The second-order valence-corrected chi connectivity index (χ2v) is 7.14. The number of benzene rings is 2. The monoisotopic (exact) mass is 454 g/mol. The molecule has 2 aromatic carbocycles. The summed E-state index contributed by atoms with van der Waals surface area (Å²) in [4.78, 5) is 14.8. The number of methoxy groups -OCH3 is 1. The summed E-state index contributed by atoms with van der Waals surface area (Å²) in [5.74, 6) is 0.922. The Morgan fingerprint density at radius 2 is 1.89 bits per heavy atom. The van der Waals surface area contributed by atoms with Crippen LogP contribution in [0.1, 0.15) is 24.2 Å². The van der Waals surface area contributed by atoms with Crippen molar-refractivity contribution in [2.75, 3.05) is 38.7 Å². The minimum absolute atomic E-state index is 0.285. The minimum atomic E-state index is -0.285. The molecule has 0 heterocycles. The van der Waals surface area contributed by atoms with Gasteiger partial charge >= 0.3 is 0 Å². The third-order valence-corrected chi connectivity index (χ3v) is 4.96. The Labute approximate surface area is 173 Å². The summed E-state index contributed by atoms with van der Waals surface area (Å²) in [6, 6.07) is 10.4. The Bertz CT molecular complexity index is 782. The zero-order valence-electron chi connectivity index (χ0n) is 15.7. The molecule has 0 aromatic heterocycles. The maximum absolute atomic E-state index is 12.5. The van der Waals surface area contributed by atoms with Crippen molar-refractivity contribution in [3.8, 4) is 11.5 Å². The third kappa shape index (κ3) is 6.13. The Morgan fingerprint density at radius 3 is 2.52 bits per heavy atom. The fourth-order valence-corrected chi connectivity index (χ4v) is 3.32. The molecule has 146 valence electrons. The molecule has 27 heavy (non-hydrogen) atoms. The number of hydrogen-bond donors (Lipinski definition) is 1. The van der Waals surface area contributed by atoms with Crippen LogP contribution >= 0.6 is 27.5 Å². The zero-order valence-corrected chi connectivity index (χ0v) is 18.1. The number of carbonyl (C=O) groups is 1. The van der Waals surface area contributed by atoms with Gasteiger partial charge < -0.3 is 19.7 Å². The van der Waals surface area contributed by atoms with E-state index in [1.165, 1.54) is 0 Å². The van der Waals surface area contributed by atoms with Crippen molar-refractivity contribution < 1.29 is 14.3 Å². The van der Waals surface area contributed by atoms with E-state index < -0.39 is 0 Å². The first-order valence-electron chi connectivity index (χ1n) is 8.78. The van der Waals surface area contributed by atoms with Crippen LogP contribution in [0.3, 0.4) is 0 Å². The van der Waals surface area contributed by atoms with E-state index in [9.17, 15) is 4.79 Å². The molecule has 0 radical (unpaired) electrons. The SMILES string of the molecule is CCN(CC)CCOc1cc(NC(=O)c2ccc(Br)cc2Cl)ccc1OC. The van der Waals surface area contributed by atoms with Crippen molar-refractivity contribution in [1.82, 2.24) is 4.90 Å². The summed E-state index contributed by atoms with van der Waals surface area (Å²) < 4.78 is 12.1. The summed E-state index contributed by atoms with van der Waals surface area (Å²) in [6.45, 7) is 7.54. The molecule has 0 saturated carbocycles. The van der Waals surface area contributed by atoms with Crippen molar-refractivity contribution in [3.63, 3.8) is 0 Å². The molecule has 1 N–H and O–H groups in total. The maximum atomic E-state index is 12.5. The summed E-state index contributed by atoms with van der Waals surface area (Å²) >= 11 is 9.49. The molecular weight excluding hydrogens is 432 g/mol. The number of ether oxygens (including phenoxy) is 2. The molecule has 0 unspecified atom stereocenters.